The summed E-state index contributed by atoms with van der Waals surface area (Å²) in [5.41, 5.74) is 1.15. The molecule has 1 amide bonds. The summed E-state index contributed by atoms with van der Waals surface area (Å²) in [6.07, 6.45) is 1.65. The van der Waals surface area contributed by atoms with E-state index in [1.807, 2.05) is 12.1 Å². The number of benzene rings is 2. The fourth-order valence-corrected chi connectivity index (χ4v) is 2.70. The average Bonchev–Trinajstić information content (AvgIpc) is 2.58. The third-order valence-electron chi connectivity index (χ3n) is 3.61. The molecule has 0 atom stereocenters. The summed E-state index contributed by atoms with van der Waals surface area (Å²) in [6, 6.07) is 17.1. The van der Waals surface area contributed by atoms with E-state index in [-0.39, 0.29) is 11.1 Å². The van der Waals surface area contributed by atoms with Gasteiger partial charge in [-0.05, 0) is 48.0 Å². The van der Waals surface area contributed by atoms with Crippen molar-refractivity contribution >= 4 is 34.8 Å². The van der Waals surface area contributed by atoms with E-state index in [9.17, 15) is 9.59 Å². The highest BCUT2D eigenvalue weighted by Gasteiger charge is 2.12. The number of nitrogens with zero attached hydrogens (tertiary/aromatic N) is 1. The number of rotatable bonds is 4. The van der Waals surface area contributed by atoms with Crippen LogP contribution in [0.25, 0.3) is 0 Å². The lowest BCUT2D eigenvalue weighted by atomic mass is 10.2. The van der Waals surface area contributed by atoms with E-state index in [4.69, 9.17) is 23.2 Å². The van der Waals surface area contributed by atoms with Crippen molar-refractivity contribution in [2.24, 2.45) is 0 Å². The summed E-state index contributed by atoms with van der Waals surface area (Å²) in [7, 11) is 0. The van der Waals surface area contributed by atoms with Crippen molar-refractivity contribution in [3.05, 3.63) is 98.4 Å². The molecule has 1 aromatic heterocycles. The maximum absolute atomic E-state index is 12.6. The van der Waals surface area contributed by atoms with Crippen molar-refractivity contribution in [3.63, 3.8) is 0 Å². The van der Waals surface area contributed by atoms with Crippen molar-refractivity contribution in [3.8, 4) is 0 Å². The summed E-state index contributed by atoms with van der Waals surface area (Å²) in [6.45, 7) is 0.355. The predicted molar refractivity (Wildman–Crippen MR) is 101 cm³/mol. The van der Waals surface area contributed by atoms with Gasteiger partial charge in [-0.2, -0.15) is 0 Å². The number of hydrogen-bond acceptors (Lipinski definition) is 2. The van der Waals surface area contributed by atoms with Crippen molar-refractivity contribution in [1.29, 1.82) is 0 Å². The molecule has 0 bridgehead atoms. The Morgan fingerprint density at radius 3 is 2.44 bits per heavy atom. The Balaban J connectivity index is 1.84. The van der Waals surface area contributed by atoms with Crippen molar-refractivity contribution in [2.45, 2.75) is 6.54 Å². The van der Waals surface area contributed by atoms with Crippen LogP contribution < -0.4 is 10.9 Å². The molecule has 0 fully saturated rings. The number of pyridine rings is 1. The summed E-state index contributed by atoms with van der Waals surface area (Å²) in [4.78, 5) is 25.0. The Bertz CT molecular complexity index is 966. The van der Waals surface area contributed by atoms with Crippen LogP contribution >= 0.6 is 23.2 Å². The lowest BCUT2D eigenvalue weighted by molar-refractivity contribution is 0.102. The van der Waals surface area contributed by atoms with E-state index in [2.05, 4.69) is 5.32 Å². The van der Waals surface area contributed by atoms with E-state index in [1.165, 1.54) is 10.6 Å². The smallest absolute Gasteiger partial charge is 0.263 e. The van der Waals surface area contributed by atoms with Crippen LogP contribution in [-0.4, -0.2) is 10.5 Å². The largest absolute Gasteiger partial charge is 0.322 e. The molecule has 6 heteroatoms. The van der Waals surface area contributed by atoms with Crippen LogP contribution in [0.3, 0.4) is 0 Å². The first kappa shape index (κ1) is 17.3. The van der Waals surface area contributed by atoms with Gasteiger partial charge in [-0.1, -0.05) is 41.4 Å². The Hall–Kier alpha value is -2.56. The van der Waals surface area contributed by atoms with Crippen molar-refractivity contribution < 1.29 is 4.79 Å². The maximum Gasteiger partial charge on any atom is 0.263 e. The zero-order chi connectivity index (χ0) is 17.8. The Kier molecular flexibility index (Phi) is 5.22. The minimum atomic E-state index is -0.474. The van der Waals surface area contributed by atoms with Gasteiger partial charge in [-0.25, -0.2) is 0 Å². The average molecular weight is 373 g/mol. The van der Waals surface area contributed by atoms with Gasteiger partial charge in [0.2, 0.25) is 0 Å². The van der Waals surface area contributed by atoms with Crippen LogP contribution in [0.1, 0.15) is 15.9 Å². The molecule has 2 aromatic carbocycles. The third-order valence-corrected chi connectivity index (χ3v) is 4.10. The number of anilines is 1. The van der Waals surface area contributed by atoms with E-state index in [0.717, 1.165) is 5.56 Å². The Morgan fingerprint density at radius 2 is 1.72 bits per heavy atom. The summed E-state index contributed by atoms with van der Waals surface area (Å²) >= 11 is 11.8. The lowest BCUT2D eigenvalue weighted by Gasteiger charge is -2.09. The monoisotopic (exact) mass is 372 g/mol. The van der Waals surface area contributed by atoms with Gasteiger partial charge in [0.05, 0.1) is 6.54 Å². The van der Waals surface area contributed by atoms with Gasteiger partial charge in [0.25, 0.3) is 11.5 Å². The maximum atomic E-state index is 12.6. The molecule has 126 valence electrons. The quantitative estimate of drug-likeness (QED) is 0.734. The zero-order valence-corrected chi connectivity index (χ0v) is 14.6. The van der Waals surface area contributed by atoms with E-state index >= 15 is 0 Å². The molecule has 4 nitrogen and oxygen atoms in total. The van der Waals surface area contributed by atoms with Gasteiger partial charge < -0.3 is 9.88 Å². The van der Waals surface area contributed by atoms with E-state index < -0.39 is 5.91 Å². The Labute approximate surface area is 154 Å². The molecule has 0 aliphatic rings. The van der Waals surface area contributed by atoms with Crippen LogP contribution in [0, 0.1) is 0 Å². The van der Waals surface area contributed by atoms with Crippen molar-refractivity contribution in [1.82, 2.24) is 4.57 Å². The molecule has 0 unspecified atom stereocenters. The molecule has 0 spiro atoms. The molecule has 0 saturated heterocycles. The molecule has 0 aliphatic carbocycles. The summed E-state index contributed by atoms with van der Waals surface area (Å²) < 4.78 is 1.48. The molecule has 1 heterocycles. The topological polar surface area (TPSA) is 51.1 Å². The highest BCUT2D eigenvalue weighted by Crippen LogP contribution is 2.15. The van der Waals surface area contributed by atoms with Gasteiger partial charge >= 0.3 is 0 Å². The molecular formula is C19H14Cl2N2O2. The zero-order valence-electron chi connectivity index (χ0n) is 13.1. The molecule has 0 aliphatic heterocycles. The van der Waals surface area contributed by atoms with Crippen LogP contribution in [0.5, 0.6) is 0 Å². The lowest BCUT2D eigenvalue weighted by Crippen LogP contribution is -2.29. The molecule has 3 aromatic rings. The second kappa shape index (κ2) is 7.55. The minimum Gasteiger partial charge on any atom is -0.322 e. The van der Waals surface area contributed by atoms with Gasteiger partial charge in [-0.3, -0.25) is 9.59 Å². The molecule has 0 radical (unpaired) electrons. The Morgan fingerprint density at radius 1 is 0.960 bits per heavy atom. The number of amides is 1. The molecule has 0 saturated carbocycles. The number of hydrogen-bond donors (Lipinski definition) is 1. The predicted octanol–water partition coefficient (Wildman–Crippen LogP) is 4.46. The highest BCUT2D eigenvalue weighted by atomic mass is 35.5. The summed E-state index contributed by atoms with van der Waals surface area (Å²) in [5.74, 6) is -0.474. The summed E-state index contributed by atoms with van der Waals surface area (Å²) in [5, 5.41) is 3.82. The normalized spacial score (nSPS) is 10.5. The van der Waals surface area contributed by atoms with Crippen LogP contribution in [-0.2, 0) is 6.54 Å². The molecule has 25 heavy (non-hydrogen) atoms. The molecule has 1 N–H and O–H groups in total. The van der Waals surface area contributed by atoms with Gasteiger partial charge in [0.1, 0.15) is 5.56 Å². The van der Waals surface area contributed by atoms with Gasteiger partial charge in [0.15, 0.2) is 0 Å². The van der Waals surface area contributed by atoms with Gasteiger partial charge in [0, 0.05) is 21.9 Å². The molecular weight excluding hydrogens is 359 g/mol. The SMILES string of the molecule is O=C(Nc1cccc(Cl)c1)c1cccn(Cc2ccc(Cl)cc2)c1=O. The number of carbonyl (C=O) groups excluding carboxylic acids is 1. The fourth-order valence-electron chi connectivity index (χ4n) is 2.39. The second-order valence-corrected chi connectivity index (χ2v) is 6.32. The third kappa shape index (κ3) is 4.29. The standard InChI is InChI=1S/C19H14Cl2N2O2/c20-14-8-6-13(7-9-14)12-23-10-2-5-17(19(23)25)18(24)22-16-4-1-3-15(21)11-16/h1-11H,12H2,(H,22,24). The van der Waals surface area contributed by atoms with E-state index in [1.54, 1.807) is 48.7 Å². The first-order chi connectivity index (χ1) is 12.0. The number of halogens is 2. The first-order valence-electron chi connectivity index (χ1n) is 7.54. The number of nitrogens with one attached hydrogen (secondary N) is 1. The van der Waals surface area contributed by atoms with E-state index in [0.29, 0.717) is 22.3 Å². The van der Waals surface area contributed by atoms with Gasteiger partial charge in [-0.15, -0.1) is 0 Å². The highest BCUT2D eigenvalue weighted by molar-refractivity contribution is 6.31. The van der Waals surface area contributed by atoms with Crippen LogP contribution in [0.15, 0.2) is 71.7 Å². The van der Waals surface area contributed by atoms with Crippen LogP contribution in [0.2, 0.25) is 10.0 Å². The number of aromatic nitrogens is 1. The molecule has 3 rings (SSSR count). The van der Waals surface area contributed by atoms with Crippen LogP contribution in [0.4, 0.5) is 5.69 Å². The fraction of sp³-hybridized carbons (Fsp3) is 0.0526. The second-order valence-electron chi connectivity index (χ2n) is 5.45. The number of carbonyl (C=O) groups is 1. The first-order valence-corrected chi connectivity index (χ1v) is 8.29. The minimum absolute atomic E-state index is 0.0661. The van der Waals surface area contributed by atoms with Crippen molar-refractivity contribution in [2.75, 3.05) is 5.32 Å².